The van der Waals surface area contributed by atoms with Crippen LogP contribution in [0, 0.1) is 0 Å². The Labute approximate surface area is 211 Å². The van der Waals surface area contributed by atoms with Gasteiger partial charge in [0.2, 0.25) is 0 Å². The van der Waals surface area contributed by atoms with E-state index in [9.17, 15) is 10.2 Å². The molecule has 1 aliphatic heterocycles. The summed E-state index contributed by atoms with van der Waals surface area (Å²) >= 11 is 0. The number of unbranched alkanes of at least 4 members (excludes halogenated alkanes) is 1. The molecular weight excluding hydrogens is 430 g/mol. The topological polar surface area (TPSA) is 43.7 Å². The van der Waals surface area contributed by atoms with Crippen molar-refractivity contribution in [1.82, 2.24) is 4.90 Å². The number of aliphatic hydroxyl groups is 2. The number of hydrogen-bond donors (Lipinski definition) is 2. The molecule has 0 spiro atoms. The first kappa shape index (κ1) is 25.6. The average Bonchev–Trinajstić information content (AvgIpc) is 2.89. The minimum absolute atomic E-state index is 0.0455. The van der Waals surface area contributed by atoms with E-state index in [4.69, 9.17) is 0 Å². The standard InChI is InChI=1S/C32H41NO2/c1-30(2,3)28-18-10-11-19-29(28)31(20-23-33(24-21-31)22-12-13-25-34)32(35,26-14-6-4-7-15-26)27-16-8-5-9-17-27/h4-11,14-19,34-35H,12-13,20-25H2,1-3H3. The van der Waals surface area contributed by atoms with Gasteiger partial charge in [0.05, 0.1) is 0 Å². The fourth-order valence-electron chi connectivity index (χ4n) is 6.06. The van der Waals surface area contributed by atoms with Gasteiger partial charge in [-0.05, 0) is 73.0 Å². The van der Waals surface area contributed by atoms with Crippen molar-refractivity contribution in [1.29, 1.82) is 0 Å². The molecule has 4 rings (SSSR count). The molecule has 0 aliphatic carbocycles. The van der Waals surface area contributed by atoms with Crippen LogP contribution >= 0.6 is 0 Å². The number of aliphatic hydroxyl groups excluding tert-OH is 1. The van der Waals surface area contributed by atoms with Gasteiger partial charge < -0.3 is 15.1 Å². The van der Waals surface area contributed by atoms with Crippen LogP contribution in [0.3, 0.4) is 0 Å². The molecule has 1 saturated heterocycles. The molecule has 0 unspecified atom stereocenters. The van der Waals surface area contributed by atoms with E-state index in [1.165, 1.54) is 11.1 Å². The Morgan fingerprint density at radius 2 is 1.26 bits per heavy atom. The number of benzene rings is 3. The summed E-state index contributed by atoms with van der Waals surface area (Å²) in [5.41, 5.74) is 2.76. The van der Waals surface area contributed by atoms with Crippen LogP contribution in [-0.2, 0) is 16.4 Å². The van der Waals surface area contributed by atoms with Gasteiger partial charge in [-0.15, -0.1) is 0 Å². The summed E-state index contributed by atoms with van der Waals surface area (Å²) in [6.45, 7) is 9.90. The van der Waals surface area contributed by atoms with Crippen LogP contribution in [0.2, 0.25) is 0 Å². The molecule has 0 aromatic heterocycles. The van der Waals surface area contributed by atoms with Crippen LogP contribution < -0.4 is 0 Å². The Morgan fingerprint density at radius 1 is 0.743 bits per heavy atom. The van der Waals surface area contributed by atoms with Crippen LogP contribution in [0.15, 0.2) is 84.9 Å². The van der Waals surface area contributed by atoms with Crippen molar-refractivity contribution in [2.75, 3.05) is 26.2 Å². The predicted octanol–water partition coefficient (Wildman–Crippen LogP) is 6.03. The van der Waals surface area contributed by atoms with E-state index in [0.29, 0.717) is 0 Å². The molecule has 0 radical (unpaired) electrons. The lowest BCUT2D eigenvalue weighted by molar-refractivity contribution is -0.0421. The third kappa shape index (κ3) is 4.95. The SMILES string of the molecule is CC(C)(C)c1ccccc1C1(C(O)(c2ccccc2)c2ccccc2)CCN(CCCCO)CC1. The Kier molecular flexibility index (Phi) is 7.80. The van der Waals surface area contributed by atoms with Crippen molar-refractivity contribution in [3.63, 3.8) is 0 Å². The molecule has 1 heterocycles. The Hall–Kier alpha value is -2.46. The van der Waals surface area contributed by atoms with Gasteiger partial charge in [-0.1, -0.05) is 106 Å². The summed E-state index contributed by atoms with van der Waals surface area (Å²) in [6, 6.07) is 29.3. The number of hydrogen-bond acceptors (Lipinski definition) is 3. The monoisotopic (exact) mass is 471 g/mol. The molecule has 1 fully saturated rings. The molecule has 1 aliphatic rings. The fraction of sp³-hybridized carbons (Fsp3) is 0.438. The van der Waals surface area contributed by atoms with Gasteiger partial charge in [0.15, 0.2) is 0 Å². The van der Waals surface area contributed by atoms with Crippen LogP contribution in [0.5, 0.6) is 0 Å². The molecule has 186 valence electrons. The summed E-state index contributed by atoms with van der Waals surface area (Å²) in [5, 5.41) is 22.4. The molecule has 3 aromatic rings. The molecule has 35 heavy (non-hydrogen) atoms. The highest BCUT2D eigenvalue weighted by molar-refractivity contribution is 5.50. The minimum Gasteiger partial charge on any atom is -0.396 e. The zero-order chi connectivity index (χ0) is 24.9. The van der Waals surface area contributed by atoms with Crippen LogP contribution in [0.4, 0.5) is 0 Å². The lowest BCUT2D eigenvalue weighted by atomic mass is 9.55. The normalized spacial score (nSPS) is 16.8. The average molecular weight is 472 g/mol. The lowest BCUT2D eigenvalue weighted by Gasteiger charge is -2.54. The molecule has 0 amide bonds. The molecule has 0 atom stereocenters. The predicted molar refractivity (Wildman–Crippen MR) is 145 cm³/mol. The maximum absolute atomic E-state index is 13.1. The van der Waals surface area contributed by atoms with Crippen molar-refractivity contribution >= 4 is 0 Å². The number of piperidine rings is 1. The number of likely N-dealkylation sites (tertiary alicyclic amines) is 1. The van der Waals surface area contributed by atoms with Crippen molar-refractivity contribution in [2.24, 2.45) is 0 Å². The zero-order valence-electron chi connectivity index (χ0n) is 21.6. The Balaban J connectivity index is 1.91. The fourth-order valence-corrected chi connectivity index (χ4v) is 6.06. The van der Waals surface area contributed by atoms with Crippen molar-refractivity contribution in [3.8, 4) is 0 Å². The minimum atomic E-state index is -1.17. The summed E-state index contributed by atoms with van der Waals surface area (Å²) in [7, 11) is 0. The largest absolute Gasteiger partial charge is 0.396 e. The van der Waals surface area contributed by atoms with Crippen LogP contribution in [0.1, 0.15) is 68.7 Å². The highest BCUT2D eigenvalue weighted by Gasteiger charge is 2.55. The highest BCUT2D eigenvalue weighted by atomic mass is 16.3. The van der Waals surface area contributed by atoms with E-state index in [0.717, 1.165) is 56.4 Å². The van der Waals surface area contributed by atoms with Crippen molar-refractivity contribution in [2.45, 2.75) is 62.9 Å². The van der Waals surface area contributed by atoms with Gasteiger partial charge >= 0.3 is 0 Å². The molecule has 3 nitrogen and oxygen atoms in total. The quantitative estimate of drug-likeness (QED) is 0.395. The van der Waals surface area contributed by atoms with E-state index >= 15 is 0 Å². The first-order valence-corrected chi connectivity index (χ1v) is 13.1. The third-order valence-corrected chi connectivity index (χ3v) is 7.92. The molecule has 0 saturated carbocycles. The molecule has 0 bridgehead atoms. The summed E-state index contributed by atoms with van der Waals surface area (Å²) < 4.78 is 0. The summed E-state index contributed by atoms with van der Waals surface area (Å²) in [6.07, 6.45) is 3.56. The highest BCUT2D eigenvalue weighted by Crippen LogP contribution is 2.54. The molecule has 3 heteroatoms. The van der Waals surface area contributed by atoms with Gasteiger partial charge in [0.25, 0.3) is 0 Å². The zero-order valence-corrected chi connectivity index (χ0v) is 21.6. The Bertz CT molecular complexity index is 1020. The van der Waals surface area contributed by atoms with E-state index in [2.05, 4.69) is 74.2 Å². The Morgan fingerprint density at radius 3 is 1.77 bits per heavy atom. The van der Waals surface area contributed by atoms with Crippen LogP contribution in [0.25, 0.3) is 0 Å². The third-order valence-electron chi connectivity index (χ3n) is 7.92. The van der Waals surface area contributed by atoms with Crippen molar-refractivity contribution in [3.05, 3.63) is 107 Å². The lowest BCUT2D eigenvalue weighted by Crippen LogP contribution is -2.56. The van der Waals surface area contributed by atoms with E-state index in [1.54, 1.807) is 0 Å². The van der Waals surface area contributed by atoms with Gasteiger partial charge in [0, 0.05) is 12.0 Å². The summed E-state index contributed by atoms with van der Waals surface area (Å²) in [5.74, 6) is 0. The van der Waals surface area contributed by atoms with Gasteiger partial charge in [-0.2, -0.15) is 0 Å². The smallest absolute Gasteiger partial charge is 0.124 e. The van der Waals surface area contributed by atoms with Gasteiger partial charge in [-0.3, -0.25) is 0 Å². The van der Waals surface area contributed by atoms with E-state index < -0.39 is 11.0 Å². The van der Waals surface area contributed by atoms with Gasteiger partial charge in [0.1, 0.15) is 5.60 Å². The molecule has 2 N–H and O–H groups in total. The van der Waals surface area contributed by atoms with Crippen LogP contribution in [-0.4, -0.2) is 41.4 Å². The first-order valence-electron chi connectivity index (χ1n) is 13.1. The number of nitrogens with zero attached hydrogens (tertiary/aromatic N) is 1. The molecular formula is C32H41NO2. The second-order valence-electron chi connectivity index (χ2n) is 11.1. The van der Waals surface area contributed by atoms with E-state index in [1.807, 2.05) is 36.4 Å². The second-order valence-corrected chi connectivity index (χ2v) is 11.1. The molecule has 3 aromatic carbocycles. The van der Waals surface area contributed by atoms with E-state index in [-0.39, 0.29) is 12.0 Å². The van der Waals surface area contributed by atoms with Crippen molar-refractivity contribution < 1.29 is 10.2 Å². The maximum Gasteiger partial charge on any atom is 0.124 e. The maximum atomic E-state index is 13.1. The van der Waals surface area contributed by atoms with Gasteiger partial charge in [-0.25, -0.2) is 0 Å². The number of rotatable bonds is 8. The first-order chi connectivity index (χ1) is 16.8. The summed E-state index contributed by atoms with van der Waals surface area (Å²) in [4.78, 5) is 2.50. The second kappa shape index (κ2) is 10.7.